The van der Waals surface area contributed by atoms with Gasteiger partial charge in [0.05, 0.1) is 23.7 Å². The van der Waals surface area contributed by atoms with Crippen molar-refractivity contribution in [1.82, 2.24) is 0 Å². The van der Waals surface area contributed by atoms with Gasteiger partial charge in [-0.25, -0.2) is 4.79 Å². The maximum atomic E-state index is 11.9. The van der Waals surface area contributed by atoms with Crippen LogP contribution in [0.4, 0.5) is 5.69 Å². The third-order valence-electron chi connectivity index (χ3n) is 2.70. The number of nitrogens with two attached hydrogens (primary N) is 1. The number of carbonyl (C=O) groups is 2. The fourth-order valence-electron chi connectivity index (χ4n) is 1.72. The van der Waals surface area contributed by atoms with Crippen molar-refractivity contribution in [3.8, 4) is 0 Å². The lowest BCUT2D eigenvalue weighted by Crippen LogP contribution is -2.36. The molecule has 0 radical (unpaired) electrons. The maximum Gasteiger partial charge on any atom is 0.339 e. The average Bonchev–Trinajstić information content (AvgIpc) is 2.39. The summed E-state index contributed by atoms with van der Waals surface area (Å²) >= 11 is 5.90. The Hall–Kier alpha value is -1.59. The molecule has 0 bridgehead atoms. The van der Waals surface area contributed by atoms with E-state index in [1.54, 1.807) is 6.07 Å². The predicted molar refractivity (Wildman–Crippen MR) is 78.9 cm³/mol. The summed E-state index contributed by atoms with van der Waals surface area (Å²) < 4.78 is 4.62. The number of amides is 1. The van der Waals surface area contributed by atoms with Gasteiger partial charge in [-0.2, -0.15) is 0 Å². The lowest BCUT2D eigenvalue weighted by atomic mass is 10.0. The molecule has 0 aliphatic carbocycles. The minimum atomic E-state index is -0.591. The van der Waals surface area contributed by atoms with Gasteiger partial charge in [0.2, 0.25) is 5.91 Å². The molecule has 110 valence electrons. The quantitative estimate of drug-likeness (QED) is 0.818. The van der Waals surface area contributed by atoms with Gasteiger partial charge in [-0.3, -0.25) is 4.79 Å². The first-order chi connectivity index (χ1) is 9.35. The molecule has 3 N–H and O–H groups in total. The van der Waals surface area contributed by atoms with E-state index in [4.69, 9.17) is 17.3 Å². The molecule has 5 nitrogen and oxygen atoms in total. The Bertz CT molecular complexity index is 503. The summed E-state index contributed by atoms with van der Waals surface area (Å²) in [5.74, 6) is -0.527. The lowest BCUT2D eigenvalue weighted by Gasteiger charge is -2.14. The van der Waals surface area contributed by atoms with Gasteiger partial charge in [0.1, 0.15) is 0 Å². The van der Waals surface area contributed by atoms with Crippen LogP contribution < -0.4 is 11.1 Å². The van der Waals surface area contributed by atoms with Crippen LogP contribution in [0.25, 0.3) is 0 Å². The molecule has 1 rings (SSSR count). The van der Waals surface area contributed by atoms with Crippen LogP contribution in [0.1, 0.15) is 30.6 Å². The molecule has 0 saturated heterocycles. The van der Waals surface area contributed by atoms with Crippen molar-refractivity contribution in [3.63, 3.8) is 0 Å². The second kappa shape index (κ2) is 7.26. The first-order valence-corrected chi connectivity index (χ1v) is 6.67. The molecule has 0 fully saturated rings. The Morgan fingerprint density at radius 1 is 1.40 bits per heavy atom. The summed E-state index contributed by atoms with van der Waals surface area (Å²) in [7, 11) is 1.27. The molecule has 0 spiro atoms. The number of anilines is 1. The SMILES string of the molecule is COC(=O)c1cc(NC(=O)C(N)CC(C)C)ccc1Cl. The monoisotopic (exact) mass is 298 g/mol. The van der Waals surface area contributed by atoms with Gasteiger partial charge >= 0.3 is 5.97 Å². The molecule has 0 aliphatic rings. The predicted octanol–water partition coefficient (Wildman–Crippen LogP) is 2.44. The summed E-state index contributed by atoms with van der Waals surface area (Å²) in [6.45, 7) is 3.98. The van der Waals surface area contributed by atoms with Crippen molar-refractivity contribution in [1.29, 1.82) is 0 Å². The third-order valence-corrected chi connectivity index (χ3v) is 3.03. The highest BCUT2D eigenvalue weighted by Gasteiger charge is 2.17. The molecule has 1 aromatic carbocycles. The van der Waals surface area contributed by atoms with Crippen LogP contribution in [0.5, 0.6) is 0 Å². The Balaban J connectivity index is 2.83. The van der Waals surface area contributed by atoms with Crippen LogP contribution in [0, 0.1) is 5.92 Å². The molecule has 0 heterocycles. The number of halogens is 1. The summed E-state index contributed by atoms with van der Waals surface area (Å²) in [4.78, 5) is 23.4. The minimum absolute atomic E-state index is 0.199. The van der Waals surface area contributed by atoms with Crippen molar-refractivity contribution < 1.29 is 14.3 Å². The average molecular weight is 299 g/mol. The summed E-state index contributed by atoms with van der Waals surface area (Å²) in [5.41, 5.74) is 6.45. The second-order valence-corrected chi connectivity index (χ2v) is 5.32. The van der Waals surface area contributed by atoms with Crippen molar-refractivity contribution in [2.75, 3.05) is 12.4 Å². The smallest absolute Gasteiger partial charge is 0.339 e. The molecule has 1 aromatic rings. The molecule has 1 amide bonds. The highest BCUT2D eigenvalue weighted by atomic mass is 35.5. The number of benzene rings is 1. The zero-order chi connectivity index (χ0) is 15.3. The van der Waals surface area contributed by atoms with Crippen LogP contribution in [-0.2, 0) is 9.53 Å². The number of hydrogen-bond donors (Lipinski definition) is 2. The second-order valence-electron chi connectivity index (χ2n) is 4.91. The van der Waals surface area contributed by atoms with Crippen LogP contribution >= 0.6 is 11.6 Å². The number of hydrogen-bond acceptors (Lipinski definition) is 4. The summed E-state index contributed by atoms with van der Waals surface area (Å²) in [5, 5.41) is 2.93. The van der Waals surface area contributed by atoms with E-state index < -0.39 is 12.0 Å². The molecule has 6 heteroatoms. The van der Waals surface area contributed by atoms with E-state index in [-0.39, 0.29) is 16.5 Å². The van der Waals surface area contributed by atoms with Gasteiger partial charge in [0.25, 0.3) is 0 Å². The van der Waals surface area contributed by atoms with Crippen molar-refractivity contribution in [3.05, 3.63) is 28.8 Å². The minimum Gasteiger partial charge on any atom is -0.465 e. The van der Waals surface area contributed by atoms with Crippen LogP contribution in [-0.4, -0.2) is 25.0 Å². The number of rotatable bonds is 5. The number of carbonyl (C=O) groups excluding carboxylic acids is 2. The largest absolute Gasteiger partial charge is 0.465 e. The third kappa shape index (κ3) is 4.51. The molecular weight excluding hydrogens is 280 g/mol. The van der Waals surface area contributed by atoms with E-state index in [0.29, 0.717) is 18.0 Å². The first-order valence-electron chi connectivity index (χ1n) is 6.29. The van der Waals surface area contributed by atoms with Crippen LogP contribution in [0.2, 0.25) is 5.02 Å². The Morgan fingerprint density at radius 2 is 2.05 bits per heavy atom. The number of ether oxygens (including phenoxy) is 1. The zero-order valence-electron chi connectivity index (χ0n) is 11.8. The van der Waals surface area contributed by atoms with Crippen molar-refractivity contribution in [2.45, 2.75) is 26.3 Å². The standard InChI is InChI=1S/C14H19ClN2O3/c1-8(2)6-12(16)13(18)17-9-4-5-11(15)10(7-9)14(19)20-3/h4-5,7-8,12H,6,16H2,1-3H3,(H,17,18). The molecule has 1 unspecified atom stereocenters. The topological polar surface area (TPSA) is 81.4 Å². The highest BCUT2D eigenvalue weighted by molar-refractivity contribution is 6.33. The summed E-state index contributed by atoms with van der Waals surface area (Å²) in [6.07, 6.45) is 0.587. The van der Waals surface area contributed by atoms with E-state index in [0.717, 1.165) is 0 Å². The Labute approximate surface area is 123 Å². The highest BCUT2D eigenvalue weighted by Crippen LogP contribution is 2.21. The van der Waals surface area contributed by atoms with Crippen LogP contribution in [0.3, 0.4) is 0 Å². The molecule has 1 atom stereocenters. The summed E-state index contributed by atoms with van der Waals surface area (Å²) in [6, 6.07) is 4.01. The lowest BCUT2D eigenvalue weighted by molar-refractivity contribution is -0.117. The van der Waals surface area contributed by atoms with Crippen LogP contribution in [0.15, 0.2) is 18.2 Å². The molecule has 20 heavy (non-hydrogen) atoms. The van der Waals surface area contributed by atoms with Gasteiger partial charge in [-0.05, 0) is 30.5 Å². The van der Waals surface area contributed by atoms with Gasteiger partial charge in [-0.15, -0.1) is 0 Å². The number of methoxy groups -OCH3 is 1. The van der Waals surface area contributed by atoms with E-state index in [2.05, 4.69) is 10.1 Å². The fraction of sp³-hybridized carbons (Fsp3) is 0.429. The van der Waals surface area contributed by atoms with E-state index in [9.17, 15) is 9.59 Å². The molecule has 0 saturated carbocycles. The molecule has 0 aliphatic heterocycles. The van der Waals surface area contributed by atoms with Crippen molar-refractivity contribution >= 4 is 29.2 Å². The van der Waals surface area contributed by atoms with E-state index in [1.807, 2.05) is 13.8 Å². The maximum absolute atomic E-state index is 11.9. The number of esters is 1. The zero-order valence-corrected chi connectivity index (χ0v) is 12.5. The molecule has 0 aromatic heterocycles. The van der Waals surface area contributed by atoms with E-state index >= 15 is 0 Å². The Morgan fingerprint density at radius 3 is 2.60 bits per heavy atom. The first kappa shape index (κ1) is 16.5. The Kier molecular flexibility index (Phi) is 5.98. The number of nitrogens with one attached hydrogen (secondary N) is 1. The van der Waals surface area contributed by atoms with Gasteiger partial charge in [0.15, 0.2) is 0 Å². The normalized spacial score (nSPS) is 12.1. The van der Waals surface area contributed by atoms with Gasteiger partial charge < -0.3 is 15.8 Å². The van der Waals surface area contributed by atoms with Gasteiger partial charge in [-0.1, -0.05) is 25.4 Å². The fourth-order valence-corrected chi connectivity index (χ4v) is 1.91. The van der Waals surface area contributed by atoms with E-state index in [1.165, 1.54) is 19.2 Å². The van der Waals surface area contributed by atoms with Crippen molar-refractivity contribution in [2.24, 2.45) is 11.7 Å². The van der Waals surface area contributed by atoms with Gasteiger partial charge in [0, 0.05) is 5.69 Å². The molecular formula is C14H19ClN2O3.